The Morgan fingerprint density at radius 1 is 0.919 bits per heavy atom. The molecule has 0 aromatic carbocycles. The van der Waals surface area contributed by atoms with Crippen molar-refractivity contribution in [3.63, 3.8) is 0 Å². The molecule has 1 saturated carbocycles. The van der Waals surface area contributed by atoms with Gasteiger partial charge in [0, 0.05) is 41.1 Å². The van der Waals surface area contributed by atoms with Crippen LogP contribution in [-0.2, 0) is 0 Å². The number of fused-ring (bicyclic) bond motifs is 2. The van der Waals surface area contributed by atoms with Gasteiger partial charge in [-0.25, -0.2) is 9.97 Å². The van der Waals surface area contributed by atoms with Crippen LogP contribution in [0.5, 0.6) is 0 Å². The number of nitrogens with zero attached hydrogens (tertiary/aromatic N) is 5. The molecule has 0 spiro atoms. The highest BCUT2D eigenvalue weighted by molar-refractivity contribution is 7.13. The normalized spacial score (nSPS) is 14.5. The molecule has 0 amide bonds. The Kier molecular flexibility index (Phi) is 5.62. The fourth-order valence-corrected chi connectivity index (χ4v) is 5.95. The lowest BCUT2D eigenvalue weighted by Crippen LogP contribution is -2.17. The van der Waals surface area contributed by atoms with Gasteiger partial charge in [0.15, 0.2) is 11.5 Å². The van der Waals surface area contributed by atoms with Crippen molar-refractivity contribution < 1.29 is 0 Å². The van der Waals surface area contributed by atoms with Gasteiger partial charge in [0.05, 0.1) is 28.6 Å². The molecule has 184 valence electrons. The van der Waals surface area contributed by atoms with Crippen LogP contribution in [0.4, 0.5) is 5.69 Å². The molecule has 3 N–H and O–H groups in total. The van der Waals surface area contributed by atoms with Gasteiger partial charge in [0.25, 0.3) is 0 Å². The van der Waals surface area contributed by atoms with E-state index in [4.69, 9.17) is 9.97 Å². The minimum absolute atomic E-state index is 0.665. The standard InChI is InChI=1S/C28H26N8S/c1-2-5-17(6-3-1)12-31-19-11-18(13-29-14-19)21-8-9-22-26(32-21)27(36-35-22)28-33-23-16-30-15-20(25(23)34-28)24-7-4-10-37-24/h4,7-11,13-17,31H,1-3,5-6,12H2,(H,33,34)(H,35,36). The van der Waals surface area contributed by atoms with Crippen LogP contribution in [-0.4, -0.2) is 41.7 Å². The van der Waals surface area contributed by atoms with Crippen LogP contribution in [0.15, 0.2) is 60.5 Å². The summed E-state index contributed by atoms with van der Waals surface area (Å²) in [6.45, 7) is 0.998. The molecule has 6 heterocycles. The minimum atomic E-state index is 0.665. The van der Waals surface area contributed by atoms with E-state index in [1.54, 1.807) is 17.5 Å². The van der Waals surface area contributed by atoms with Crippen LogP contribution in [0, 0.1) is 5.92 Å². The van der Waals surface area contributed by atoms with E-state index in [1.165, 1.54) is 32.1 Å². The fraction of sp³-hybridized carbons (Fsp3) is 0.250. The number of rotatable bonds is 6. The number of imidazole rings is 1. The van der Waals surface area contributed by atoms with Crippen LogP contribution in [0.1, 0.15) is 32.1 Å². The van der Waals surface area contributed by atoms with E-state index >= 15 is 0 Å². The van der Waals surface area contributed by atoms with Gasteiger partial charge in [-0.1, -0.05) is 25.3 Å². The van der Waals surface area contributed by atoms with E-state index in [0.29, 0.717) is 11.5 Å². The Balaban J connectivity index is 1.22. The molecule has 8 nitrogen and oxygen atoms in total. The van der Waals surface area contributed by atoms with Gasteiger partial charge < -0.3 is 10.3 Å². The highest BCUT2D eigenvalue weighted by Crippen LogP contribution is 2.33. The molecule has 1 aliphatic rings. The van der Waals surface area contributed by atoms with Crippen molar-refractivity contribution in [2.75, 3.05) is 11.9 Å². The van der Waals surface area contributed by atoms with Gasteiger partial charge >= 0.3 is 0 Å². The van der Waals surface area contributed by atoms with E-state index in [2.05, 4.69) is 48.0 Å². The SMILES string of the molecule is c1csc(-c2cncc3[nH]c(-c4n[nH]c5ccc(-c6cncc(NCC7CCCCC7)c6)nc45)nc23)c1. The highest BCUT2D eigenvalue weighted by Gasteiger charge is 2.18. The lowest BCUT2D eigenvalue weighted by Gasteiger charge is -2.22. The zero-order valence-electron chi connectivity index (χ0n) is 20.2. The third kappa shape index (κ3) is 4.25. The molecule has 6 aromatic rings. The summed E-state index contributed by atoms with van der Waals surface area (Å²) in [7, 11) is 0. The van der Waals surface area contributed by atoms with E-state index in [1.807, 2.05) is 36.8 Å². The first-order valence-corrected chi connectivity index (χ1v) is 13.6. The van der Waals surface area contributed by atoms with Crippen molar-refractivity contribution in [1.29, 1.82) is 0 Å². The molecule has 0 saturated heterocycles. The Hall–Kier alpha value is -4.11. The van der Waals surface area contributed by atoms with E-state index < -0.39 is 0 Å². The number of thiophene rings is 1. The largest absolute Gasteiger partial charge is 0.384 e. The Morgan fingerprint density at radius 2 is 1.84 bits per heavy atom. The molecule has 0 aliphatic heterocycles. The molecule has 7 rings (SSSR count). The number of pyridine rings is 3. The van der Waals surface area contributed by atoms with Crippen molar-refractivity contribution >= 4 is 39.1 Å². The van der Waals surface area contributed by atoms with Crippen molar-refractivity contribution in [3.05, 3.63) is 60.5 Å². The van der Waals surface area contributed by atoms with E-state index in [9.17, 15) is 0 Å². The zero-order valence-corrected chi connectivity index (χ0v) is 21.1. The van der Waals surface area contributed by atoms with Gasteiger partial charge in [0.2, 0.25) is 0 Å². The number of aromatic amines is 2. The van der Waals surface area contributed by atoms with Crippen LogP contribution in [0.3, 0.4) is 0 Å². The highest BCUT2D eigenvalue weighted by atomic mass is 32.1. The first kappa shape index (κ1) is 22.1. The maximum Gasteiger partial charge on any atom is 0.161 e. The number of nitrogens with one attached hydrogen (secondary N) is 3. The third-order valence-electron chi connectivity index (χ3n) is 7.17. The molecule has 0 unspecified atom stereocenters. The van der Waals surface area contributed by atoms with Gasteiger partial charge in [-0.2, -0.15) is 5.10 Å². The second-order valence-corrected chi connectivity index (χ2v) is 10.6. The molecule has 1 aliphatic carbocycles. The Labute approximate surface area is 217 Å². The second-order valence-electron chi connectivity index (χ2n) is 9.66. The van der Waals surface area contributed by atoms with Crippen molar-refractivity contribution in [3.8, 4) is 33.2 Å². The first-order valence-electron chi connectivity index (χ1n) is 12.7. The maximum absolute atomic E-state index is 4.98. The molecule has 1 fully saturated rings. The number of H-pyrrole nitrogens is 2. The molecule has 0 radical (unpaired) electrons. The Morgan fingerprint density at radius 3 is 2.73 bits per heavy atom. The topological polar surface area (TPSA) is 108 Å². The smallest absolute Gasteiger partial charge is 0.161 e. The average Bonchev–Trinajstić information content (AvgIpc) is 3.71. The van der Waals surface area contributed by atoms with E-state index in [0.717, 1.165) is 61.9 Å². The Bertz CT molecular complexity index is 1680. The van der Waals surface area contributed by atoms with Crippen molar-refractivity contribution in [2.45, 2.75) is 32.1 Å². The third-order valence-corrected chi connectivity index (χ3v) is 8.07. The summed E-state index contributed by atoms with van der Waals surface area (Å²) < 4.78 is 0. The van der Waals surface area contributed by atoms with E-state index in [-0.39, 0.29) is 0 Å². The lowest BCUT2D eigenvalue weighted by atomic mass is 9.89. The van der Waals surface area contributed by atoms with Crippen LogP contribution in [0.2, 0.25) is 0 Å². The lowest BCUT2D eigenvalue weighted by molar-refractivity contribution is 0.373. The number of anilines is 1. The minimum Gasteiger partial charge on any atom is -0.384 e. The predicted octanol–water partition coefficient (Wildman–Crippen LogP) is 6.68. The molecule has 9 heteroatoms. The summed E-state index contributed by atoms with van der Waals surface area (Å²) in [6, 6.07) is 10.3. The summed E-state index contributed by atoms with van der Waals surface area (Å²) in [5.74, 6) is 1.41. The summed E-state index contributed by atoms with van der Waals surface area (Å²) in [6.07, 6.45) is 14.1. The van der Waals surface area contributed by atoms with Gasteiger partial charge in [0.1, 0.15) is 11.0 Å². The monoisotopic (exact) mass is 506 g/mol. The van der Waals surface area contributed by atoms with Gasteiger partial charge in [-0.05, 0) is 48.4 Å². The molecule has 0 atom stereocenters. The summed E-state index contributed by atoms with van der Waals surface area (Å²) in [5, 5.41) is 13.3. The number of hydrogen-bond acceptors (Lipinski definition) is 7. The number of hydrogen-bond donors (Lipinski definition) is 3. The average molecular weight is 507 g/mol. The molecular formula is C28H26N8S. The van der Waals surface area contributed by atoms with Crippen molar-refractivity contribution in [1.82, 2.24) is 35.1 Å². The molecule has 6 aromatic heterocycles. The summed E-state index contributed by atoms with van der Waals surface area (Å²) in [4.78, 5) is 23.3. The second kappa shape index (κ2) is 9.40. The molecule has 0 bridgehead atoms. The first-order chi connectivity index (χ1) is 18.3. The number of aromatic nitrogens is 7. The molecular weight excluding hydrogens is 480 g/mol. The summed E-state index contributed by atoms with van der Waals surface area (Å²) >= 11 is 1.67. The van der Waals surface area contributed by atoms with Crippen LogP contribution < -0.4 is 5.32 Å². The maximum atomic E-state index is 4.98. The predicted molar refractivity (Wildman–Crippen MR) is 148 cm³/mol. The fourth-order valence-electron chi connectivity index (χ4n) is 5.21. The molecule has 37 heavy (non-hydrogen) atoms. The van der Waals surface area contributed by atoms with Crippen LogP contribution >= 0.6 is 11.3 Å². The van der Waals surface area contributed by atoms with Gasteiger partial charge in [-0.15, -0.1) is 11.3 Å². The van der Waals surface area contributed by atoms with Gasteiger partial charge in [-0.3, -0.25) is 15.1 Å². The quantitative estimate of drug-likeness (QED) is 0.233. The van der Waals surface area contributed by atoms with Crippen LogP contribution in [0.25, 0.3) is 55.3 Å². The van der Waals surface area contributed by atoms with Crippen molar-refractivity contribution in [2.24, 2.45) is 5.92 Å². The zero-order chi connectivity index (χ0) is 24.6. The summed E-state index contributed by atoms with van der Waals surface area (Å²) in [5.41, 5.74) is 7.91.